The van der Waals surface area contributed by atoms with E-state index in [1.54, 1.807) is 21.3 Å². The van der Waals surface area contributed by atoms with Gasteiger partial charge >= 0.3 is 0 Å². The highest BCUT2D eigenvalue weighted by molar-refractivity contribution is 9.10. The maximum atomic E-state index is 9.94. The summed E-state index contributed by atoms with van der Waals surface area (Å²) in [6.07, 6.45) is 1.14. The Labute approximate surface area is 233 Å². The molecule has 9 nitrogen and oxygen atoms in total. The van der Waals surface area contributed by atoms with Crippen molar-refractivity contribution in [2.45, 2.75) is 52.1 Å². The molecule has 1 N–H and O–H groups in total. The van der Waals surface area contributed by atoms with Gasteiger partial charge in [0.2, 0.25) is 0 Å². The molecule has 0 radical (unpaired) electrons. The first-order valence-corrected chi connectivity index (χ1v) is 13.4. The SMILES string of the molecule is CCc1c(OCOC)cc(OCOC)c(-c2cc(CO)cc(Br)c2OC)c1CCOCC1COC(C)(C)O1. The zero-order valence-corrected chi connectivity index (χ0v) is 24.6. The third-order valence-corrected chi connectivity index (χ3v) is 6.71. The Hall–Kier alpha value is -1.92. The van der Waals surface area contributed by atoms with Crippen molar-refractivity contribution < 1.29 is 43.0 Å². The highest BCUT2D eigenvalue weighted by Crippen LogP contribution is 2.47. The average molecular weight is 600 g/mol. The summed E-state index contributed by atoms with van der Waals surface area (Å²) in [5.74, 6) is 1.24. The predicted molar refractivity (Wildman–Crippen MR) is 146 cm³/mol. The minimum Gasteiger partial charge on any atom is -0.495 e. The molecule has 10 heteroatoms. The smallest absolute Gasteiger partial charge is 0.188 e. The van der Waals surface area contributed by atoms with E-state index in [1.165, 1.54) is 0 Å². The van der Waals surface area contributed by atoms with Crippen molar-refractivity contribution in [3.8, 4) is 28.4 Å². The van der Waals surface area contributed by atoms with E-state index >= 15 is 0 Å². The molecule has 1 atom stereocenters. The van der Waals surface area contributed by atoms with E-state index in [-0.39, 0.29) is 26.3 Å². The van der Waals surface area contributed by atoms with Gasteiger partial charge in [0.1, 0.15) is 23.4 Å². The third kappa shape index (κ3) is 7.59. The molecular weight excluding hydrogens is 560 g/mol. The topological polar surface area (TPSA) is 94.1 Å². The van der Waals surface area contributed by atoms with Gasteiger partial charge < -0.3 is 43.0 Å². The van der Waals surface area contributed by atoms with Crippen LogP contribution in [0.4, 0.5) is 0 Å². The summed E-state index contributed by atoms with van der Waals surface area (Å²) in [5.41, 5.74) is 4.30. The van der Waals surface area contributed by atoms with Crippen LogP contribution in [0.15, 0.2) is 22.7 Å². The number of aliphatic hydroxyl groups is 1. The van der Waals surface area contributed by atoms with Crippen molar-refractivity contribution >= 4 is 15.9 Å². The second-order valence-corrected chi connectivity index (χ2v) is 10.1. The lowest BCUT2D eigenvalue weighted by Crippen LogP contribution is -2.24. The van der Waals surface area contributed by atoms with Crippen LogP contribution < -0.4 is 14.2 Å². The molecule has 0 aliphatic carbocycles. The fraction of sp³-hybridized carbons (Fsp3) is 0.571. The largest absolute Gasteiger partial charge is 0.495 e. The number of hydrogen-bond donors (Lipinski definition) is 1. The fourth-order valence-corrected chi connectivity index (χ4v) is 5.21. The van der Waals surface area contributed by atoms with Gasteiger partial charge in [0.25, 0.3) is 0 Å². The summed E-state index contributed by atoms with van der Waals surface area (Å²) in [6, 6.07) is 5.59. The third-order valence-electron chi connectivity index (χ3n) is 6.12. The van der Waals surface area contributed by atoms with Gasteiger partial charge in [0.05, 0.1) is 38.0 Å². The molecule has 0 amide bonds. The maximum absolute atomic E-state index is 9.94. The maximum Gasteiger partial charge on any atom is 0.188 e. The molecule has 38 heavy (non-hydrogen) atoms. The molecule has 1 unspecified atom stereocenters. The molecule has 0 bridgehead atoms. The van der Waals surface area contributed by atoms with Crippen LogP contribution in [0.3, 0.4) is 0 Å². The highest BCUT2D eigenvalue weighted by atomic mass is 79.9. The Bertz CT molecular complexity index is 1060. The van der Waals surface area contributed by atoms with Crippen molar-refractivity contribution in [1.82, 2.24) is 0 Å². The van der Waals surface area contributed by atoms with Crippen molar-refractivity contribution in [3.63, 3.8) is 0 Å². The lowest BCUT2D eigenvalue weighted by Gasteiger charge is -2.24. The Balaban J connectivity index is 2.08. The predicted octanol–water partition coefficient (Wildman–Crippen LogP) is 4.86. The molecule has 1 saturated heterocycles. The summed E-state index contributed by atoms with van der Waals surface area (Å²) in [7, 11) is 4.76. The Morgan fingerprint density at radius 1 is 1.03 bits per heavy atom. The number of rotatable bonds is 15. The molecular formula is C28H39BrO9. The Morgan fingerprint density at radius 3 is 2.32 bits per heavy atom. The second kappa shape index (κ2) is 14.5. The first-order valence-electron chi connectivity index (χ1n) is 12.6. The number of benzene rings is 2. The summed E-state index contributed by atoms with van der Waals surface area (Å²) in [5, 5.41) is 9.94. The van der Waals surface area contributed by atoms with E-state index in [0.717, 1.165) is 32.3 Å². The Morgan fingerprint density at radius 2 is 1.74 bits per heavy atom. The lowest BCUT2D eigenvalue weighted by molar-refractivity contribution is -0.144. The van der Waals surface area contributed by atoms with Crippen molar-refractivity contribution in [1.29, 1.82) is 0 Å². The van der Waals surface area contributed by atoms with Crippen molar-refractivity contribution in [3.05, 3.63) is 39.4 Å². The molecule has 0 spiro atoms. The summed E-state index contributed by atoms with van der Waals surface area (Å²) in [4.78, 5) is 0. The molecule has 3 rings (SSSR count). The summed E-state index contributed by atoms with van der Waals surface area (Å²) in [6.45, 7) is 7.21. The zero-order chi connectivity index (χ0) is 27.7. The molecule has 1 aliphatic heterocycles. The van der Waals surface area contributed by atoms with Crippen LogP contribution in [0.2, 0.25) is 0 Å². The quantitative estimate of drug-likeness (QED) is 0.228. The van der Waals surface area contributed by atoms with Gasteiger partial charge in [-0.3, -0.25) is 0 Å². The number of halogens is 1. The zero-order valence-electron chi connectivity index (χ0n) is 23.1. The minimum absolute atomic E-state index is 0.0378. The molecule has 2 aromatic carbocycles. The first-order chi connectivity index (χ1) is 18.3. The second-order valence-electron chi connectivity index (χ2n) is 9.25. The van der Waals surface area contributed by atoms with Gasteiger partial charge in [-0.2, -0.15) is 0 Å². The van der Waals surface area contributed by atoms with E-state index in [1.807, 2.05) is 32.0 Å². The summed E-state index contributed by atoms with van der Waals surface area (Å²) < 4.78 is 46.6. The van der Waals surface area contributed by atoms with Gasteiger partial charge in [0, 0.05) is 31.4 Å². The van der Waals surface area contributed by atoms with Crippen molar-refractivity contribution in [2.75, 3.05) is 54.7 Å². The monoisotopic (exact) mass is 598 g/mol. The Kier molecular flexibility index (Phi) is 11.7. The fourth-order valence-electron chi connectivity index (χ4n) is 4.54. The number of methoxy groups -OCH3 is 3. The standard InChI is InChI=1S/C28H39BrO9/c1-7-20-21(8-9-34-14-19-15-37-28(2,3)38-19)26(22-10-18(13-30)11-23(29)27(22)33-6)25(36-17-32-5)12-24(20)35-16-31-4/h10-12,19,30H,7-9,13-17H2,1-6H3. The van der Waals surface area contributed by atoms with Crippen LogP contribution >= 0.6 is 15.9 Å². The normalized spacial score (nSPS) is 16.6. The van der Waals surface area contributed by atoms with E-state index in [0.29, 0.717) is 49.9 Å². The highest BCUT2D eigenvalue weighted by Gasteiger charge is 2.32. The van der Waals surface area contributed by atoms with E-state index in [4.69, 9.17) is 37.9 Å². The van der Waals surface area contributed by atoms with Crippen LogP contribution in [-0.2, 0) is 43.1 Å². The molecule has 2 aromatic rings. The van der Waals surface area contributed by atoms with Crippen LogP contribution in [-0.4, -0.2) is 71.7 Å². The number of aliphatic hydroxyl groups excluding tert-OH is 1. The summed E-state index contributed by atoms with van der Waals surface area (Å²) >= 11 is 3.60. The number of hydrogen-bond acceptors (Lipinski definition) is 9. The van der Waals surface area contributed by atoms with Gasteiger partial charge in [-0.15, -0.1) is 0 Å². The van der Waals surface area contributed by atoms with E-state index in [2.05, 4.69) is 22.9 Å². The molecule has 212 valence electrons. The number of ether oxygens (including phenoxy) is 8. The molecule has 1 fully saturated rings. The van der Waals surface area contributed by atoms with Crippen molar-refractivity contribution in [2.24, 2.45) is 0 Å². The van der Waals surface area contributed by atoms with Gasteiger partial charge in [-0.05, 0) is 71.4 Å². The average Bonchev–Trinajstić information content (AvgIpc) is 3.25. The molecule has 0 aromatic heterocycles. The van der Waals surface area contributed by atoms with Gasteiger partial charge in [0.15, 0.2) is 19.4 Å². The van der Waals surface area contributed by atoms with Crippen LogP contribution in [0.1, 0.15) is 37.5 Å². The molecule has 1 heterocycles. The minimum atomic E-state index is -0.598. The van der Waals surface area contributed by atoms with Crippen LogP contribution in [0.25, 0.3) is 11.1 Å². The lowest BCUT2D eigenvalue weighted by atomic mass is 9.89. The van der Waals surface area contributed by atoms with E-state index < -0.39 is 5.79 Å². The van der Waals surface area contributed by atoms with Gasteiger partial charge in [-0.25, -0.2) is 0 Å². The van der Waals surface area contributed by atoms with E-state index in [9.17, 15) is 5.11 Å². The van der Waals surface area contributed by atoms with Crippen LogP contribution in [0, 0.1) is 0 Å². The molecule has 1 aliphatic rings. The molecule has 0 saturated carbocycles. The van der Waals surface area contributed by atoms with Crippen LogP contribution in [0.5, 0.6) is 17.2 Å². The first kappa shape index (κ1) is 30.6. The van der Waals surface area contributed by atoms with Gasteiger partial charge in [-0.1, -0.05) is 6.92 Å².